The van der Waals surface area contributed by atoms with Crippen LogP contribution >= 0.6 is 0 Å². The van der Waals surface area contributed by atoms with E-state index < -0.39 is 59.2 Å². The van der Waals surface area contributed by atoms with Gasteiger partial charge in [-0.1, -0.05) is 6.07 Å². The molecule has 7 heterocycles. The van der Waals surface area contributed by atoms with Crippen molar-refractivity contribution in [2.24, 2.45) is 55.1 Å². The number of nitrogens with two attached hydrogens (primary N) is 1. The molecule has 0 fully saturated rings. The fourth-order valence-electron chi connectivity index (χ4n) is 9.96. The summed E-state index contributed by atoms with van der Waals surface area (Å²) in [6.07, 6.45) is 11.5. The van der Waals surface area contributed by atoms with E-state index in [1.165, 1.54) is 109 Å². The number of ether oxygens (including phenoxy) is 1. The van der Waals surface area contributed by atoms with Crippen molar-refractivity contribution in [2.75, 3.05) is 84.6 Å². The van der Waals surface area contributed by atoms with Gasteiger partial charge in [0.2, 0.25) is 17.6 Å². The number of imidazole rings is 1. The highest BCUT2D eigenvalue weighted by molar-refractivity contribution is 6.16. The van der Waals surface area contributed by atoms with Gasteiger partial charge in [-0.25, -0.2) is 4.98 Å². The lowest BCUT2D eigenvalue weighted by atomic mass is 10.1. The predicted octanol–water partition coefficient (Wildman–Crippen LogP) is 2.95. The zero-order chi connectivity index (χ0) is 67.5. The van der Waals surface area contributed by atoms with E-state index in [4.69, 9.17) is 10.5 Å². The van der Waals surface area contributed by atoms with Gasteiger partial charge < -0.3 is 106 Å². The monoisotopic (exact) mass is 1280 g/mol. The van der Waals surface area contributed by atoms with Gasteiger partial charge in [0.1, 0.15) is 51.2 Å². The lowest BCUT2D eigenvalue weighted by Gasteiger charge is -2.14. The molecule has 0 bridgehead atoms. The number of benzene rings is 1. The predicted molar refractivity (Wildman–Crippen MR) is 345 cm³/mol. The molecule has 490 valence electrons. The van der Waals surface area contributed by atoms with Crippen LogP contribution in [0, 0.1) is 0 Å². The van der Waals surface area contributed by atoms with Gasteiger partial charge in [0.25, 0.3) is 47.3 Å². The maximum Gasteiger partial charge on any atom is 0.291 e. The molecule has 32 heteroatoms. The van der Waals surface area contributed by atoms with Gasteiger partial charge >= 0.3 is 0 Å². The highest BCUT2D eigenvalue weighted by Gasteiger charge is 2.28. The number of phenols is 1. The van der Waals surface area contributed by atoms with E-state index in [2.05, 4.69) is 58.2 Å². The summed E-state index contributed by atoms with van der Waals surface area (Å²) in [5.41, 5.74) is 7.98. The van der Waals surface area contributed by atoms with E-state index >= 15 is 0 Å². The minimum Gasteiger partial charge on any atom is -0.507 e. The molecule has 0 unspecified atom stereocenters. The molecule has 0 saturated heterocycles. The second-order valence-corrected chi connectivity index (χ2v) is 22.0. The molecule has 10 amide bonds. The Balaban J connectivity index is 0.789. The van der Waals surface area contributed by atoms with Crippen molar-refractivity contribution in [3.05, 3.63) is 144 Å². The van der Waals surface area contributed by atoms with Crippen LogP contribution in [0.1, 0.15) is 103 Å². The van der Waals surface area contributed by atoms with E-state index in [9.17, 15) is 53.1 Å². The fraction of sp³-hybridized carbons (Fsp3) is 0.295. The van der Waals surface area contributed by atoms with Gasteiger partial charge in [-0.3, -0.25) is 47.9 Å². The van der Waals surface area contributed by atoms with Crippen LogP contribution in [-0.4, -0.2) is 159 Å². The third-order valence-electron chi connectivity index (χ3n) is 14.7. The number of amides is 10. The molecule has 32 nitrogen and oxygen atoms in total. The lowest BCUT2D eigenvalue weighted by Crippen LogP contribution is -2.39. The van der Waals surface area contributed by atoms with E-state index in [0.29, 0.717) is 17.9 Å². The Morgan fingerprint density at radius 3 is 1.51 bits per heavy atom. The van der Waals surface area contributed by atoms with Gasteiger partial charge in [0.05, 0.1) is 47.3 Å². The molecule has 0 saturated carbocycles. The molecule has 1 aromatic carbocycles. The first-order valence-electron chi connectivity index (χ1n) is 29.0. The quantitative estimate of drug-likeness (QED) is 0.0329. The normalized spacial score (nSPS) is 11.4. The number of aromatic hydroxyl groups is 1. The molecule has 93 heavy (non-hydrogen) atoms. The maximum atomic E-state index is 13.9. The summed E-state index contributed by atoms with van der Waals surface area (Å²) in [5, 5.41) is 37.6. The Bertz CT molecular complexity index is 4190. The van der Waals surface area contributed by atoms with E-state index in [-0.39, 0.29) is 117 Å². The number of aromatic nitrogens is 8. The average Bonchev–Trinajstić information content (AvgIpc) is 1.77. The number of anilines is 7. The second-order valence-electron chi connectivity index (χ2n) is 22.0. The van der Waals surface area contributed by atoms with Crippen molar-refractivity contribution >= 4 is 99.0 Å². The molecule has 13 N–H and O–H groups in total. The summed E-state index contributed by atoms with van der Waals surface area (Å²) in [4.78, 5) is 140. The van der Waals surface area contributed by atoms with Crippen LogP contribution in [0.5, 0.6) is 11.5 Å². The first kappa shape index (κ1) is 67.3. The Morgan fingerprint density at radius 2 is 1.00 bits per heavy atom. The fourth-order valence-corrected chi connectivity index (χ4v) is 9.96. The van der Waals surface area contributed by atoms with Crippen molar-refractivity contribution in [1.82, 2.24) is 57.8 Å². The molecule has 7 aromatic heterocycles. The number of nitrogens with zero attached hydrogens (tertiary/aromatic N) is 9. The number of rotatable bonds is 27. The van der Waals surface area contributed by atoms with Crippen molar-refractivity contribution in [3.63, 3.8) is 0 Å². The molecule has 8 aromatic rings. The van der Waals surface area contributed by atoms with Gasteiger partial charge in [0, 0.05) is 119 Å². The molecular weight excluding hydrogens is 1200 g/mol. The molecule has 1 atom stereocenters. The average molecular weight is 1280 g/mol. The number of aryl methyl sites for hydroxylation is 7. The van der Waals surface area contributed by atoms with Gasteiger partial charge in [-0.05, 0) is 82.0 Å². The number of methoxy groups -OCH3 is 1. The van der Waals surface area contributed by atoms with Gasteiger partial charge in [-0.15, -0.1) is 0 Å². The van der Waals surface area contributed by atoms with Gasteiger partial charge in [0.15, 0.2) is 5.82 Å². The number of carbonyl (C=O) groups is 10. The third kappa shape index (κ3) is 16.2. The molecule has 0 aliphatic rings. The highest BCUT2D eigenvalue weighted by atomic mass is 16.5. The summed E-state index contributed by atoms with van der Waals surface area (Å²) in [7, 11) is 16.4. The smallest absolute Gasteiger partial charge is 0.291 e. The SMILES string of the molecule is COc1cccc(O)c1C(=O)Nc1ccn(C)c1C(=O)Nc1ccn(C)c1C(=O)Nc1ccn(C)c1C(=O)NCC[C@@H](N)C(=O)Nc1cn(C)c(C(=O)Nc2cc(C(=O)Nc3cc(C(=O)Nc4cc(C(=O)NCCC(=O)NCCCN(C)C)n(C)c4)n(C)c3)n(C)c2)n1. The Labute approximate surface area is 532 Å². The number of carbonyl (C=O) groups excluding carboxylic acids is 10. The highest BCUT2D eigenvalue weighted by Crippen LogP contribution is 2.30. The molecule has 0 radical (unpaired) electrons. The molecule has 8 rings (SSSR count). The topological polar surface area (TPSA) is 397 Å². The summed E-state index contributed by atoms with van der Waals surface area (Å²) in [6.45, 7) is 1.41. The van der Waals surface area contributed by atoms with E-state index in [1.807, 2.05) is 19.0 Å². The minimum absolute atomic E-state index is 0.00132. The summed E-state index contributed by atoms with van der Waals surface area (Å²) in [6, 6.07) is 12.1. The Kier molecular flexibility index (Phi) is 21.2. The molecule has 0 aliphatic carbocycles. The van der Waals surface area contributed by atoms with Gasteiger partial charge in [-0.2, -0.15) is 0 Å². The number of nitrogens with one attached hydrogen (secondary N) is 10. The van der Waals surface area contributed by atoms with Crippen molar-refractivity contribution in [1.29, 1.82) is 0 Å². The minimum atomic E-state index is -1.16. The van der Waals surface area contributed by atoms with E-state index in [0.717, 1.165) is 13.0 Å². The van der Waals surface area contributed by atoms with E-state index in [1.54, 1.807) is 77.8 Å². The van der Waals surface area contributed by atoms with Crippen LogP contribution in [0.4, 0.5) is 39.9 Å². The van der Waals surface area contributed by atoms with Crippen LogP contribution in [0.3, 0.4) is 0 Å². The number of phenolic OH excluding ortho intramolecular Hbond substituents is 1. The van der Waals surface area contributed by atoms with Crippen LogP contribution in [0.25, 0.3) is 0 Å². The maximum absolute atomic E-state index is 13.9. The molecular formula is C61H74N20O12. The summed E-state index contributed by atoms with van der Waals surface area (Å²) >= 11 is 0. The first-order valence-corrected chi connectivity index (χ1v) is 29.0. The van der Waals surface area contributed by atoms with Crippen molar-refractivity contribution in [2.45, 2.75) is 25.3 Å². The summed E-state index contributed by atoms with van der Waals surface area (Å²) < 4.78 is 15.6. The Morgan fingerprint density at radius 1 is 0.527 bits per heavy atom. The number of hydrogen-bond acceptors (Lipinski definition) is 15. The lowest BCUT2D eigenvalue weighted by molar-refractivity contribution is -0.121. The van der Waals surface area contributed by atoms with Crippen molar-refractivity contribution in [3.8, 4) is 11.5 Å². The van der Waals surface area contributed by atoms with Crippen LogP contribution in [0.15, 0.2) is 98.0 Å². The Hall–Kier alpha value is -11.7. The third-order valence-corrected chi connectivity index (χ3v) is 14.7. The first-order chi connectivity index (χ1) is 44.2. The van der Waals surface area contributed by atoms with Crippen LogP contribution < -0.4 is 63.6 Å². The van der Waals surface area contributed by atoms with Crippen molar-refractivity contribution < 1.29 is 57.8 Å². The number of hydrogen-bond donors (Lipinski definition) is 12. The molecule has 0 aliphatic heterocycles. The van der Waals surface area contributed by atoms with Crippen LogP contribution in [0.2, 0.25) is 0 Å². The second kappa shape index (κ2) is 29.3. The zero-order valence-electron chi connectivity index (χ0n) is 52.8. The standard InChI is InChI=1S/C61H74N20O12/c1-74(2)23-12-20-63-47(83)16-22-64-54(85)41-27-34(30-78(41)6)66-55(86)42-28-35(31-79(42)7)67-56(87)43-29-36(32-80(43)8)68-61(92)52-72-46(33-81(52)9)73-53(84)37(62)15-21-65-58(89)49-38(17-24-75(49)3)70-60(91)51-40(19-26-77(51)5)71-59(90)50-39(18-25-76(50)4)69-57(88)48-44(82)13-11-14-45(48)93-10/h11,13-14,17-19,24-33,37,82H,12,15-16,20-23,62H2,1-10H3,(H,63,83)(H,64,85)(H,65,89)(H,66,86)(H,67,87)(H,68,92)(H,69,88)(H,70,91)(H,71,90)(H,73,84)/t37-/m1/s1. The summed E-state index contributed by atoms with van der Waals surface area (Å²) in [5.74, 6) is -6.09. The molecule has 0 spiro atoms. The van der Waals surface area contributed by atoms with Crippen LogP contribution in [-0.2, 0) is 58.9 Å². The largest absolute Gasteiger partial charge is 0.507 e. The zero-order valence-corrected chi connectivity index (χ0v) is 52.8.